The van der Waals surface area contributed by atoms with Crippen LogP contribution in [0.1, 0.15) is 226 Å². The number of carbonyl (C=O) groups is 2. The Morgan fingerprint density at radius 2 is 0.512 bits per heavy atom. The Morgan fingerprint density at radius 1 is 0.302 bits per heavy atom. The van der Waals surface area contributed by atoms with Crippen molar-refractivity contribution in [3.63, 3.8) is 0 Å². The van der Waals surface area contributed by atoms with Crippen LogP contribution in [0.5, 0.6) is 0 Å². The summed E-state index contributed by atoms with van der Waals surface area (Å²) in [6.45, 7) is 5.59. The van der Waals surface area contributed by atoms with Gasteiger partial charge < -0.3 is 9.47 Å². The van der Waals surface area contributed by atoms with Gasteiger partial charge in [-0.05, 0) is 19.3 Å². The fourth-order valence-corrected chi connectivity index (χ4v) is 5.84. The van der Waals surface area contributed by atoms with Crippen molar-refractivity contribution in [3.05, 3.63) is 0 Å². The largest absolute Gasteiger partial charge is 0.466 e. The third-order valence-electron chi connectivity index (χ3n) is 8.78. The van der Waals surface area contributed by atoms with Crippen LogP contribution in [0.2, 0.25) is 0 Å². The average Bonchev–Trinajstić information content (AvgIpc) is 3.00. The monoisotopic (exact) mass is 609 g/mol. The first-order valence-electron chi connectivity index (χ1n) is 19.5. The van der Waals surface area contributed by atoms with Crippen LogP contribution in [-0.2, 0) is 19.1 Å². The third kappa shape index (κ3) is 37.0. The number of carbonyl (C=O) groups excluding carboxylic acids is 2. The van der Waals surface area contributed by atoms with E-state index in [1.807, 2.05) is 0 Å². The summed E-state index contributed by atoms with van der Waals surface area (Å²) >= 11 is 0. The number of unbranched alkanes of at least 4 members (excludes halogenated alkanes) is 28. The minimum absolute atomic E-state index is 0.180. The SMILES string of the molecule is CCCCCCCCCCCCCCCCCOC(=O)CCCC(=O)OCCCCCCCCCCCCCCCCC. The van der Waals surface area contributed by atoms with Gasteiger partial charge in [0.15, 0.2) is 0 Å². The molecular weight excluding hydrogens is 532 g/mol. The van der Waals surface area contributed by atoms with E-state index in [-0.39, 0.29) is 11.9 Å². The quantitative estimate of drug-likeness (QED) is 0.0524. The smallest absolute Gasteiger partial charge is 0.305 e. The van der Waals surface area contributed by atoms with Crippen LogP contribution >= 0.6 is 0 Å². The predicted octanol–water partition coefficient (Wildman–Crippen LogP) is 13.0. The molecule has 0 amide bonds. The Morgan fingerprint density at radius 3 is 0.744 bits per heavy atom. The van der Waals surface area contributed by atoms with Gasteiger partial charge in [0.2, 0.25) is 0 Å². The minimum Gasteiger partial charge on any atom is -0.466 e. The van der Waals surface area contributed by atoms with Crippen LogP contribution in [0.4, 0.5) is 0 Å². The second-order valence-corrected chi connectivity index (χ2v) is 13.2. The first kappa shape index (κ1) is 41.9. The molecular formula is C39H76O4. The molecule has 0 N–H and O–H groups in total. The van der Waals surface area contributed by atoms with Crippen molar-refractivity contribution in [1.82, 2.24) is 0 Å². The number of ether oxygens (including phenoxy) is 2. The molecule has 0 saturated carbocycles. The number of hydrogen-bond donors (Lipinski definition) is 0. The van der Waals surface area contributed by atoms with Gasteiger partial charge in [0.1, 0.15) is 0 Å². The Kier molecular flexibility index (Phi) is 36.2. The molecule has 0 saturated heterocycles. The number of esters is 2. The van der Waals surface area contributed by atoms with E-state index >= 15 is 0 Å². The maximum atomic E-state index is 11.9. The van der Waals surface area contributed by atoms with Gasteiger partial charge in [-0.3, -0.25) is 9.59 Å². The van der Waals surface area contributed by atoms with Gasteiger partial charge in [-0.1, -0.05) is 194 Å². The first-order valence-corrected chi connectivity index (χ1v) is 19.5. The van der Waals surface area contributed by atoms with Crippen molar-refractivity contribution in [1.29, 1.82) is 0 Å². The van der Waals surface area contributed by atoms with Gasteiger partial charge in [-0.15, -0.1) is 0 Å². The molecule has 0 heterocycles. The van der Waals surface area contributed by atoms with Crippen LogP contribution in [0.3, 0.4) is 0 Å². The highest BCUT2D eigenvalue weighted by Crippen LogP contribution is 2.15. The molecule has 0 atom stereocenters. The highest BCUT2D eigenvalue weighted by atomic mass is 16.5. The molecule has 4 nitrogen and oxygen atoms in total. The van der Waals surface area contributed by atoms with Crippen molar-refractivity contribution < 1.29 is 19.1 Å². The lowest BCUT2D eigenvalue weighted by molar-refractivity contribution is -0.145. The third-order valence-corrected chi connectivity index (χ3v) is 8.78. The summed E-state index contributed by atoms with van der Waals surface area (Å²) in [7, 11) is 0. The molecule has 0 aromatic heterocycles. The molecule has 0 aromatic carbocycles. The highest BCUT2D eigenvalue weighted by Gasteiger charge is 2.07. The van der Waals surface area contributed by atoms with E-state index in [1.165, 1.54) is 167 Å². The molecule has 43 heavy (non-hydrogen) atoms. The van der Waals surface area contributed by atoms with Crippen LogP contribution < -0.4 is 0 Å². The molecule has 0 fully saturated rings. The fraction of sp³-hybridized carbons (Fsp3) is 0.949. The van der Waals surface area contributed by atoms with Crippen molar-refractivity contribution in [2.75, 3.05) is 13.2 Å². The Hall–Kier alpha value is -1.06. The molecule has 256 valence electrons. The first-order chi connectivity index (χ1) is 21.2. The maximum absolute atomic E-state index is 11.9. The number of rotatable bonds is 36. The maximum Gasteiger partial charge on any atom is 0.305 e. The molecule has 0 aromatic rings. The standard InChI is InChI=1S/C39H76O4/c1-3-5-7-9-11-13-15-17-19-21-23-25-27-29-31-36-42-38(40)34-33-35-39(41)43-37-32-30-28-26-24-22-20-18-16-14-12-10-8-6-4-2/h3-37H2,1-2H3. The molecule has 0 radical (unpaired) electrons. The lowest BCUT2D eigenvalue weighted by Crippen LogP contribution is -2.09. The summed E-state index contributed by atoms with van der Waals surface area (Å²) in [4.78, 5) is 23.8. The van der Waals surface area contributed by atoms with Gasteiger partial charge in [0.25, 0.3) is 0 Å². The molecule has 0 aliphatic carbocycles. The minimum atomic E-state index is -0.180. The summed E-state index contributed by atoms with van der Waals surface area (Å²) in [5, 5.41) is 0. The van der Waals surface area contributed by atoms with Gasteiger partial charge in [-0.2, -0.15) is 0 Å². The van der Waals surface area contributed by atoms with Crippen molar-refractivity contribution in [2.24, 2.45) is 0 Å². The highest BCUT2D eigenvalue weighted by molar-refractivity contribution is 5.72. The van der Waals surface area contributed by atoms with Crippen LogP contribution in [0.15, 0.2) is 0 Å². The molecule has 0 rings (SSSR count). The van der Waals surface area contributed by atoms with E-state index in [4.69, 9.17) is 9.47 Å². The van der Waals surface area contributed by atoms with Gasteiger partial charge in [0, 0.05) is 12.8 Å². The average molecular weight is 609 g/mol. The Labute approximate surface area is 269 Å². The Bertz CT molecular complexity index is 513. The predicted molar refractivity (Wildman–Crippen MR) is 186 cm³/mol. The van der Waals surface area contributed by atoms with Gasteiger partial charge in [0.05, 0.1) is 13.2 Å². The Balaban J connectivity index is 3.26. The second kappa shape index (κ2) is 37.1. The van der Waals surface area contributed by atoms with Crippen molar-refractivity contribution in [2.45, 2.75) is 226 Å². The summed E-state index contributed by atoms with van der Waals surface area (Å²) in [6.07, 6.45) is 41.1. The number of hydrogen-bond acceptors (Lipinski definition) is 4. The van der Waals surface area contributed by atoms with Crippen LogP contribution in [-0.4, -0.2) is 25.2 Å². The van der Waals surface area contributed by atoms with E-state index in [9.17, 15) is 9.59 Å². The zero-order valence-corrected chi connectivity index (χ0v) is 29.4. The molecule has 4 heteroatoms. The molecule has 0 spiro atoms. The van der Waals surface area contributed by atoms with Crippen molar-refractivity contribution in [3.8, 4) is 0 Å². The van der Waals surface area contributed by atoms with E-state index in [0.717, 1.165) is 25.7 Å². The molecule has 0 aliphatic rings. The summed E-state index contributed by atoms with van der Waals surface area (Å²) in [5.74, 6) is -0.360. The molecule has 0 unspecified atom stereocenters. The van der Waals surface area contributed by atoms with Gasteiger partial charge in [-0.25, -0.2) is 0 Å². The van der Waals surface area contributed by atoms with Gasteiger partial charge >= 0.3 is 11.9 Å². The zero-order valence-electron chi connectivity index (χ0n) is 29.4. The molecule has 0 aliphatic heterocycles. The van der Waals surface area contributed by atoms with Crippen LogP contribution in [0, 0.1) is 0 Å². The summed E-state index contributed by atoms with van der Waals surface area (Å²) in [6, 6.07) is 0. The summed E-state index contributed by atoms with van der Waals surface area (Å²) < 4.78 is 10.7. The lowest BCUT2D eigenvalue weighted by Gasteiger charge is -2.06. The summed E-state index contributed by atoms with van der Waals surface area (Å²) in [5.41, 5.74) is 0. The zero-order chi connectivity index (χ0) is 31.3. The van der Waals surface area contributed by atoms with E-state index in [2.05, 4.69) is 13.8 Å². The molecule has 0 bridgehead atoms. The van der Waals surface area contributed by atoms with E-state index in [1.54, 1.807) is 0 Å². The van der Waals surface area contributed by atoms with E-state index in [0.29, 0.717) is 32.5 Å². The van der Waals surface area contributed by atoms with Crippen LogP contribution in [0.25, 0.3) is 0 Å². The second-order valence-electron chi connectivity index (χ2n) is 13.2. The van der Waals surface area contributed by atoms with Crippen molar-refractivity contribution >= 4 is 11.9 Å². The fourth-order valence-electron chi connectivity index (χ4n) is 5.84. The normalized spacial score (nSPS) is 11.2. The van der Waals surface area contributed by atoms with E-state index < -0.39 is 0 Å². The topological polar surface area (TPSA) is 52.6 Å². The lowest BCUT2D eigenvalue weighted by atomic mass is 10.0.